The highest BCUT2D eigenvalue weighted by molar-refractivity contribution is 5.95. The van der Waals surface area contributed by atoms with Crippen molar-refractivity contribution in [3.05, 3.63) is 105 Å². The maximum absolute atomic E-state index is 13.3. The Kier molecular flexibility index (Phi) is 7.79. The third-order valence-electron chi connectivity index (χ3n) is 6.83. The summed E-state index contributed by atoms with van der Waals surface area (Å²) in [5.41, 5.74) is 3.46. The van der Waals surface area contributed by atoms with Crippen molar-refractivity contribution in [1.29, 1.82) is 0 Å². The fourth-order valence-corrected chi connectivity index (χ4v) is 4.70. The lowest BCUT2D eigenvalue weighted by atomic mass is 10.0. The molecule has 0 aliphatic heterocycles. The Morgan fingerprint density at radius 2 is 1.95 bits per heavy atom. The Hall–Kier alpha value is -5.00. The van der Waals surface area contributed by atoms with Crippen LogP contribution in [-0.2, 0) is 30.7 Å². The third-order valence-corrected chi connectivity index (χ3v) is 6.83. The van der Waals surface area contributed by atoms with E-state index in [1.54, 1.807) is 24.5 Å². The SMILES string of the molecule is CC(=O)NCc1cn[nH]c1-c1cc(C)nc2ccc(OCc3c(C)ccnc3Cn3cccc(C(F)(F)F)c3=O)cc12. The van der Waals surface area contributed by atoms with Crippen molar-refractivity contribution in [2.45, 2.75) is 46.6 Å². The lowest BCUT2D eigenvalue weighted by Gasteiger charge is -2.16. The van der Waals surface area contributed by atoms with E-state index in [1.807, 2.05) is 32.0 Å². The molecule has 42 heavy (non-hydrogen) atoms. The Balaban J connectivity index is 1.45. The highest BCUT2D eigenvalue weighted by atomic mass is 19.4. The van der Waals surface area contributed by atoms with Crippen molar-refractivity contribution in [3.63, 3.8) is 0 Å². The van der Waals surface area contributed by atoms with Crippen LogP contribution in [0, 0.1) is 13.8 Å². The molecule has 0 bridgehead atoms. The van der Waals surface area contributed by atoms with Crippen molar-refractivity contribution < 1.29 is 22.7 Å². The third kappa shape index (κ3) is 6.02. The van der Waals surface area contributed by atoms with Gasteiger partial charge in [-0.15, -0.1) is 0 Å². The van der Waals surface area contributed by atoms with E-state index >= 15 is 0 Å². The first-order chi connectivity index (χ1) is 20.0. The van der Waals surface area contributed by atoms with E-state index in [9.17, 15) is 22.8 Å². The second kappa shape index (κ2) is 11.5. The summed E-state index contributed by atoms with van der Waals surface area (Å²) in [6.07, 6.45) is -0.237. The minimum Gasteiger partial charge on any atom is -0.489 e. The van der Waals surface area contributed by atoms with Crippen molar-refractivity contribution >= 4 is 16.8 Å². The lowest BCUT2D eigenvalue weighted by molar-refractivity contribution is -0.139. The number of ether oxygens (including phenoxy) is 1. The molecule has 0 radical (unpaired) electrons. The van der Waals surface area contributed by atoms with Gasteiger partial charge in [0.15, 0.2) is 0 Å². The summed E-state index contributed by atoms with van der Waals surface area (Å²) >= 11 is 0. The number of amides is 1. The first-order valence-corrected chi connectivity index (χ1v) is 13.0. The predicted molar refractivity (Wildman–Crippen MR) is 150 cm³/mol. The van der Waals surface area contributed by atoms with Crippen molar-refractivity contribution in [3.8, 4) is 17.0 Å². The van der Waals surface area contributed by atoms with Gasteiger partial charge in [-0.25, -0.2) is 0 Å². The van der Waals surface area contributed by atoms with E-state index < -0.39 is 17.3 Å². The van der Waals surface area contributed by atoms with Crippen LogP contribution in [0.4, 0.5) is 13.2 Å². The molecule has 0 spiro atoms. The van der Waals surface area contributed by atoms with Gasteiger partial charge in [-0.1, -0.05) is 0 Å². The summed E-state index contributed by atoms with van der Waals surface area (Å²) in [5.74, 6) is 0.374. The first kappa shape index (κ1) is 28.5. The topological polar surface area (TPSA) is 115 Å². The molecule has 1 aromatic carbocycles. The van der Waals surface area contributed by atoms with Gasteiger partial charge in [-0.3, -0.25) is 24.7 Å². The number of nitrogens with one attached hydrogen (secondary N) is 2. The number of hydrogen-bond acceptors (Lipinski definition) is 6. The molecule has 4 aromatic heterocycles. The van der Waals surface area contributed by atoms with Crippen LogP contribution in [0.25, 0.3) is 22.2 Å². The molecular formula is C30H27F3N6O3. The van der Waals surface area contributed by atoms with E-state index in [4.69, 9.17) is 4.74 Å². The number of aromatic amines is 1. The highest BCUT2D eigenvalue weighted by Crippen LogP contribution is 2.32. The lowest BCUT2D eigenvalue weighted by Crippen LogP contribution is -2.29. The van der Waals surface area contributed by atoms with E-state index in [1.165, 1.54) is 19.2 Å². The number of pyridine rings is 3. The molecule has 216 valence electrons. The Labute approximate surface area is 238 Å². The zero-order valence-corrected chi connectivity index (χ0v) is 23.0. The van der Waals surface area contributed by atoms with Gasteiger partial charge < -0.3 is 14.6 Å². The summed E-state index contributed by atoms with van der Waals surface area (Å²) in [5, 5.41) is 10.8. The number of aromatic nitrogens is 5. The minimum atomic E-state index is -4.75. The second-order valence-electron chi connectivity index (χ2n) is 9.86. The van der Waals surface area contributed by atoms with Crippen molar-refractivity contribution in [2.24, 2.45) is 0 Å². The van der Waals surface area contributed by atoms with Crippen LogP contribution in [0.2, 0.25) is 0 Å². The Bertz CT molecular complexity index is 1840. The monoisotopic (exact) mass is 576 g/mol. The van der Waals surface area contributed by atoms with E-state index in [-0.39, 0.29) is 19.1 Å². The average molecular weight is 577 g/mol. The molecule has 0 saturated carbocycles. The van der Waals surface area contributed by atoms with Gasteiger partial charge in [0.25, 0.3) is 5.56 Å². The minimum absolute atomic E-state index is 0.0701. The maximum atomic E-state index is 13.3. The molecule has 0 unspecified atom stereocenters. The van der Waals surface area contributed by atoms with Gasteiger partial charge in [0.2, 0.25) is 5.91 Å². The van der Waals surface area contributed by atoms with E-state index in [0.717, 1.165) is 49.6 Å². The summed E-state index contributed by atoms with van der Waals surface area (Å²) in [4.78, 5) is 33.0. The van der Waals surface area contributed by atoms with Crippen molar-refractivity contribution in [1.82, 2.24) is 30.0 Å². The van der Waals surface area contributed by atoms with Gasteiger partial charge in [0.05, 0.1) is 29.6 Å². The molecule has 0 fully saturated rings. The summed E-state index contributed by atoms with van der Waals surface area (Å²) in [7, 11) is 0. The second-order valence-corrected chi connectivity index (χ2v) is 9.86. The number of benzene rings is 1. The maximum Gasteiger partial charge on any atom is 0.421 e. The van der Waals surface area contributed by atoms with Gasteiger partial charge in [-0.05, 0) is 61.9 Å². The quantitative estimate of drug-likeness (QED) is 0.266. The number of aryl methyl sites for hydroxylation is 2. The van der Waals surface area contributed by atoms with Crippen LogP contribution in [0.1, 0.15) is 40.6 Å². The molecule has 12 heteroatoms. The fourth-order valence-electron chi connectivity index (χ4n) is 4.70. The number of H-pyrrole nitrogens is 1. The molecule has 0 saturated heterocycles. The molecule has 4 heterocycles. The number of rotatable bonds is 8. The van der Waals surface area contributed by atoms with Gasteiger partial charge >= 0.3 is 6.18 Å². The number of hydrogen-bond donors (Lipinski definition) is 2. The van der Waals surface area contributed by atoms with Crippen molar-refractivity contribution in [2.75, 3.05) is 0 Å². The van der Waals surface area contributed by atoms with E-state index in [0.29, 0.717) is 23.6 Å². The zero-order valence-electron chi connectivity index (χ0n) is 23.0. The number of carbonyl (C=O) groups excluding carboxylic acids is 1. The standard InChI is InChI=1S/C30H27F3N6O3/c1-17-8-9-34-27(15-39-10-4-5-25(29(39)41)30(31,32)33)24(17)16-42-21-6-7-26-22(12-21)23(11-18(2)37-26)28-20(14-36-38-28)13-35-19(3)40/h4-12,14H,13,15-16H2,1-3H3,(H,35,40)(H,36,38). The number of carbonyl (C=O) groups is 1. The fraction of sp³-hybridized carbons (Fsp3) is 0.233. The molecule has 2 N–H and O–H groups in total. The predicted octanol–water partition coefficient (Wildman–Crippen LogP) is 5.08. The Morgan fingerprint density at radius 3 is 2.71 bits per heavy atom. The number of halogens is 3. The van der Waals surface area contributed by atoms with Crippen LogP contribution < -0.4 is 15.6 Å². The molecule has 9 nitrogen and oxygen atoms in total. The number of nitrogens with zero attached hydrogens (tertiary/aromatic N) is 4. The number of fused-ring (bicyclic) bond motifs is 1. The van der Waals surface area contributed by atoms with Crippen LogP contribution >= 0.6 is 0 Å². The Morgan fingerprint density at radius 1 is 1.14 bits per heavy atom. The first-order valence-electron chi connectivity index (χ1n) is 13.0. The normalized spacial score (nSPS) is 11.6. The van der Waals surface area contributed by atoms with Crippen LogP contribution in [0.3, 0.4) is 0 Å². The van der Waals surface area contributed by atoms with Crippen LogP contribution in [0.15, 0.2) is 65.8 Å². The molecule has 5 rings (SSSR count). The molecule has 0 aliphatic rings. The van der Waals surface area contributed by atoms with Crippen LogP contribution in [-0.4, -0.2) is 30.6 Å². The molecule has 0 atom stereocenters. The zero-order chi connectivity index (χ0) is 30.0. The molecule has 0 aliphatic carbocycles. The largest absolute Gasteiger partial charge is 0.489 e. The van der Waals surface area contributed by atoms with Gasteiger partial charge in [0, 0.05) is 53.6 Å². The highest BCUT2D eigenvalue weighted by Gasteiger charge is 2.34. The molecule has 1 amide bonds. The molecule has 5 aromatic rings. The van der Waals surface area contributed by atoms with Crippen LogP contribution in [0.5, 0.6) is 5.75 Å². The average Bonchev–Trinajstić information content (AvgIpc) is 3.40. The summed E-state index contributed by atoms with van der Waals surface area (Å²) in [6.45, 7) is 5.41. The smallest absolute Gasteiger partial charge is 0.421 e. The summed E-state index contributed by atoms with van der Waals surface area (Å²) < 4.78 is 47.0. The van der Waals surface area contributed by atoms with Gasteiger partial charge in [0.1, 0.15) is 17.9 Å². The molecular weight excluding hydrogens is 549 g/mol. The van der Waals surface area contributed by atoms with E-state index in [2.05, 4.69) is 25.5 Å². The summed E-state index contributed by atoms with van der Waals surface area (Å²) in [6, 6.07) is 11.1. The number of alkyl halides is 3. The van der Waals surface area contributed by atoms with Gasteiger partial charge in [-0.2, -0.15) is 18.3 Å².